The fourth-order valence-electron chi connectivity index (χ4n) is 3.46. The van der Waals surface area contributed by atoms with Crippen LogP contribution in [0.5, 0.6) is 0 Å². The quantitative estimate of drug-likeness (QED) is 0.567. The van der Waals surface area contributed by atoms with Crippen LogP contribution in [0.1, 0.15) is 12.8 Å². The SMILES string of the molecule is OC1CCN(c2ccc(-c3noc(-c4cc5ccc(F)cc5[nH]4)n3)cn2)CC1. The second-order valence-corrected chi connectivity index (χ2v) is 6.96. The molecule has 0 spiro atoms. The van der Waals surface area contributed by atoms with Crippen molar-refractivity contribution >= 4 is 16.7 Å². The third-order valence-corrected chi connectivity index (χ3v) is 5.04. The van der Waals surface area contributed by atoms with Gasteiger partial charge in [-0.3, -0.25) is 0 Å². The van der Waals surface area contributed by atoms with Gasteiger partial charge in [0.2, 0.25) is 5.82 Å². The minimum absolute atomic E-state index is 0.214. The molecule has 8 heteroatoms. The summed E-state index contributed by atoms with van der Waals surface area (Å²) in [6.07, 6.45) is 3.02. The van der Waals surface area contributed by atoms with Crippen LogP contribution in [0.4, 0.5) is 10.2 Å². The second-order valence-electron chi connectivity index (χ2n) is 6.96. The number of aromatic nitrogens is 4. The van der Waals surface area contributed by atoms with Gasteiger partial charge in [0, 0.05) is 35.8 Å². The molecule has 0 bridgehead atoms. The maximum atomic E-state index is 13.4. The number of anilines is 1. The minimum atomic E-state index is -0.304. The van der Waals surface area contributed by atoms with Gasteiger partial charge in [-0.1, -0.05) is 5.16 Å². The third kappa shape index (κ3) is 3.11. The Balaban J connectivity index is 1.38. The van der Waals surface area contributed by atoms with Gasteiger partial charge in [-0.05, 0) is 49.2 Å². The Hall–Kier alpha value is -3.26. The van der Waals surface area contributed by atoms with Gasteiger partial charge in [-0.2, -0.15) is 4.98 Å². The number of H-pyrrole nitrogens is 1. The number of aliphatic hydroxyl groups is 1. The van der Waals surface area contributed by atoms with Gasteiger partial charge in [0.25, 0.3) is 5.89 Å². The largest absolute Gasteiger partial charge is 0.393 e. The molecule has 4 aromatic rings. The first kappa shape index (κ1) is 16.9. The van der Waals surface area contributed by atoms with Crippen LogP contribution in [0.15, 0.2) is 47.1 Å². The summed E-state index contributed by atoms with van der Waals surface area (Å²) in [5, 5.41) is 14.5. The highest BCUT2D eigenvalue weighted by atomic mass is 19.1. The molecule has 5 rings (SSSR count). The van der Waals surface area contributed by atoms with E-state index in [9.17, 15) is 9.50 Å². The van der Waals surface area contributed by atoms with E-state index in [4.69, 9.17) is 4.52 Å². The van der Waals surface area contributed by atoms with Crippen molar-refractivity contribution in [3.63, 3.8) is 0 Å². The van der Waals surface area contributed by atoms with Crippen molar-refractivity contribution in [3.8, 4) is 23.0 Å². The van der Waals surface area contributed by atoms with Crippen LogP contribution >= 0.6 is 0 Å². The monoisotopic (exact) mass is 379 g/mol. The van der Waals surface area contributed by atoms with Gasteiger partial charge < -0.3 is 19.5 Å². The Labute approximate surface area is 159 Å². The molecule has 0 atom stereocenters. The lowest BCUT2D eigenvalue weighted by Crippen LogP contribution is -2.36. The average molecular weight is 379 g/mol. The first-order valence-corrected chi connectivity index (χ1v) is 9.17. The number of rotatable bonds is 3. The molecule has 0 aliphatic carbocycles. The van der Waals surface area contributed by atoms with E-state index in [2.05, 4.69) is 25.0 Å². The molecule has 0 unspecified atom stereocenters. The molecular weight excluding hydrogens is 361 g/mol. The van der Waals surface area contributed by atoms with Crippen molar-refractivity contribution in [2.45, 2.75) is 18.9 Å². The average Bonchev–Trinajstić information content (AvgIpc) is 3.35. The predicted molar refractivity (Wildman–Crippen MR) is 102 cm³/mol. The van der Waals surface area contributed by atoms with Crippen LogP contribution in [-0.4, -0.2) is 44.4 Å². The van der Waals surface area contributed by atoms with Crippen molar-refractivity contribution < 1.29 is 14.0 Å². The molecule has 3 aromatic heterocycles. The molecule has 1 saturated heterocycles. The van der Waals surface area contributed by atoms with Crippen molar-refractivity contribution in [1.82, 2.24) is 20.1 Å². The third-order valence-electron chi connectivity index (χ3n) is 5.04. The molecule has 1 aromatic carbocycles. The standard InChI is InChI=1S/C20H18FN5O2/c21-14-3-1-12-9-17(23-16(12)10-14)20-24-19(25-28-20)13-2-4-18(22-11-13)26-7-5-15(27)6-8-26/h1-4,9-11,15,23,27H,5-8H2. The second kappa shape index (κ2) is 6.72. The van der Waals surface area contributed by atoms with E-state index in [0.717, 1.165) is 42.7 Å². The van der Waals surface area contributed by atoms with Crippen LogP contribution in [0.25, 0.3) is 33.9 Å². The van der Waals surface area contributed by atoms with Gasteiger partial charge >= 0.3 is 0 Å². The zero-order valence-corrected chi connectivity index (χ0v) is 15.0. The van der Waals surface area contributed by atoms with E-state index in [1.165, 1.54) is 12.1 Å². The Bertz CT molecular complexity index is 1110. The summed E-state index contributed by atoms with van der Waals surface area (Å²) >= 11 is 0. The van der Waals surface area contributed by atoms with Gasteiger partial charge in [0.05, 0.1) is 6.10 Å². The summed E-state index contributed by atoms with van der Waals surface area (Å²) in [6.45, 7) is 1.59. The molecule has 4 heterocycles. The summed E-state index contributed by atoms with van der Waals surface area (Å²) in [5.41, 5.74) is 2.06. The number of hydrogen-bond donors (Lipinski definition) is 2. The normalized spacial score (nSPS) is 15.4. The van der Waals surface area contributed by atoms with Crippen molar-refractivity contribution in [3.05, 3.63) is 48.4 Å². The molecule has 142 valence electrons. The highest BCUT2D eigenvalue weighted by Gasteiger charge is 2.19. The fraction of sp³-hybridized carbons (Fsp3) is 0.250. The summed E-state index contributed by atoms with van der Waals surface area (Å²) in [5.74, 6) is 1.34. The van der Waals surface area contributed by atoms with Crippen LogP contribution in [-0.2, 0) is 0 Å². The zero-order valence-electron chi connectivity index (χ0n) is 15.0. The molecule has 7 nitrogen and oxygen atoms in total. The number of hydrogen-bond acceptors (Lipinski definition) is 6. The highest BCUT2D eigenvalue weighted by molar-refractivity contribution is 5.84. The number of nitrogens with zero attached hydrogens (tertiary/aromatic N) is 4. The summed E-state index contributed by atoms with van der Waals surface area (Å²) < 4.78 is 18.7. The summed E-state index contributed by atoms with van der Waals surface area (Å²) in [6, 6.07) is 10.2. The Morgan fingerprint density at radius 1 is 1.14 bits per heavy atom. The number of piperidine rings is 1. The number of aromatic amines is 1. The van der Waals surface area contributed by atoms with E-state index in [1.54, 1.807) is 12.3 Å². The first-order valence-electron chi connectivity index (χ1n) is 9.17. The molecule has 0 saturated carbocycles. The molecule has 1 aliphatic heterocycles. The van der Waals surface area contributed by atoms with Crippen LogP contribution in [0, 0.1) is 5.82 Å². The number of nitrogens with one attached hydrogen (secondary N) is 1. The summed E-state index contributed by atoms with van der Waals surface area (Å²) in [4.78, 5) is 14.2. The number of pyridine rings is 1. The maximum Gasteiger partial charge on any atom is 0.274 e. The smallest absolute Gasteiger partial charge is 0.274 e. The molecule has 0 amide bonds. The van der Waals surface area contributed by atoms with Gasteiger partial charge in [-0.15, -0.1) is 0 Å². The minimum Gasteiger partial charge on any atom is -0.393 e. The highest BCUT2D eigenvalue weighted by Crippen LogP contribution is 2.26. The number of halogens is 1. The van der Waals surface area contributed by atoms with Gasteiger partial charge in [0.1, 0.15) is 17.3 Å². The van der Waals surface area contributed by atoms with E-state index < -0.39 is 0 Å². The zero-order chi connectivity index (χ0) is 19.1. The predicted octanol–water partition coefficient (Wildman–Crippen LogP) is 3.38. The van der Waals surface area contributed by atoms with Gasteiger partial charge in [0.15, 0.2) is 0 Å². The topological polar surface area (TPSA) is 91.1 Å². The molecular formula is C20H18FN5O2. The lowest BCUT2D eigenvalue weighted by molar-refractivity contribution is 0.145. The molecule has 0 radical (unpaired) electrons. The molecule has 1 fully saturated rings. The lowest BCUT2D eigenvalue weighted by atomic mass is 10.1. The van der Waals surface area contributed by atoms with Crippen molar-refractivity contribution in [2.24, 2.45) is 0 Å². The molecule has 28 heavy (non-hydrogen) atoms. The van der Waals surface area contributed by atoms with Gasteiger partial charge in [-0.25, -0.2) is 9.37 Å². The van der Waals surface area contributed by atoms with E-state index >= 15 is 0 Å². The van der Waals surface area contributed by atoms with E-state index in [-0.39, 0.29) is 11.9 Å². The summed E-state index contributed by atoms with van der Waals surface area (Å²) in [7, 11) is 0. The maximum absolute atomic E-state index is 13.4. The first-order chi connectivity index (χ1) is 13.7. The number of fused-ring (bicyclic) bond motifs is 1. The lowest BCUT2D eigenvalue weighted by Gasteiger charge is -2.30. The van der Waals surface area contributed by atoms with Crippen LogP contribution in [0.2, 0.25) is 0 Å². The number of benzene rings is 1. The Morgan fingerprint density at radius 3 is 2.79 bits per heavy atom. The molecule has 1 aliphatic rings. The Morgan fingerprint density at radius 2 is 2.00 bits per heavy atom. The van der Waals surface area contributed by atoms with Crippen molar-refractivity contribution in [1.29, 1.82) is 0 Å². The molecule has 2 N–H and O–H groups in total. The number of aliphatic hydroxyl groups excluding tert-OH is 1. The van der Waals surface area contributed by atoms with E-state index in [0.29, 0.717) is 22.9 Å². The Kier molecular flexibility index (Phi) is 4.05. The van der Waals surface area contributed by atoms with Crippen molar-refractivity contribution in [2.75, 3.05) is 18.0 Å². The fourth-order valence-corrected chi connectivity index (χ4v) is 3.46. The van der Waals surface area contributed by atoms with Crippen LogP contribution < -0.4 is 4.90 Å². The van der Waals surface area contributed by atoms with E-state index in [1.807, 2.05) is 18.2 Å². The van der Waals surface area contributed by atoms with Crippen LogP contribution in [0.3, 0.4) is 0 Å².